The quantitative estimate of drug-likeness (QED) is 0.539. The van der Waals surface area contributed by atoms with Gasteiger partial charge in [0.15, 0.2) is 0 Å². The predicted molar refractivity (Wildman–Crippen MR) is 41.8 cm³/mol. The van der Waals surface area contributed by atoms with E-state index in [1.807, 2.05) is 0 Å². The van der Waals surface area contributed by atoms with Gasteiger partial charge in [0.1, 0.15) is 0 Å². The van der Waals surface area contributed by atoms with E-state index in [0.717, 1.165) is 0 Å². The average Bonchev–Trinajstić information content (AvgIpc) is 1.82. The summed E-state index contributed by atoms with van der Waals surface area (Å²) in [6.07, 6.45) is 0.434. The Hall–Kier alpha value is 1.19. The van der Waals surface area contributed by atoms with Gasteiger partial charge in [-0.05, 0) is 20.3 Å². The Kier molecular flexibility index (Phi) is 5.81. The van der Waals surface area contributed by atoms with E-state index in [2.05, 4.69) is 0 Å². The first kappa shape index (κ1) is 14.2. The smallest absolute Gasteiger partial charge is 0.445 e. The summed E-state index contributed by atoms with van der Waals surface area (Å²) >= 11 is 0. The molecule has 0 radical (unpaired) electrons. The molecule has 0 bridgehead atoms. The molecule has 0 aromatic heterocycles. The third kappa shape index (κ3) is 4.49. The second-order valence-corrected chi connectivity index (χ2v) is 3.17. The van der Waals surface area contributed by atoms with Crippen LogP contribution in [0.2, 0.25) is 0 Å². The topological polar surface area (TPSA) is 9.23 Å². The third-order valence-electron chi connectivity index (χ3n) is 1.84. The fourth-order valence-electron chi connectivity index (χ4n) is 1.40. The van der Waals surface area contributed by atoms with E-state index in [9.17, 15) is 12.9 Å². The molecule has 0 aromatic carbocycles. The van der Waals surface area contributed by atoms with E-state index in [1.165, 1.54) is 6.08 Å². The molecule has 1 aliphatic heterocycles. The Labute approximate surface area is 119 Å². The fraction of sp³-hybridized carbons (Fsp3) is 0.714. The van der Waals surface area contributed by atoms with Crippen molar-refractivity contribution >= 4 is 6.98 Å². The molecular weight excluding hydrogens is 207 g/mol. The zero-order chi connectivity index (χ0) is 9.35. The van der Waals surface area contributed by atoms with Crippen molar-refractivity contribution in [3.63, 3.8) is 0 Å². The zero-order valence-corrected chi connectivity index (χ0v) is 11.2. The van der Waals surface area contributed by atoms with Gasteiger partial charge in [-0.25, -0.2) is 0 Å². The monoisotopic (exact) mass is 218 g/mol. The molecule has 0 spiro atoms. The van der Waals surface area contributed by atoms with Crippen molar-refractivity contribution in [3.8, 4) is 0 Å². The number of hydrogen-bond donors (Lipinski definition) is 0. The van der Waals surface area contributed by atoms with Crippen LogP contribution in [0.5, 0.6) is 0 Å². The molecule has 6 heteroatoms. The van der Waals surface area contributed by atoms with Crippen molar-refractivity contribution < 1.29 is 69.1 Å². The molecule has 0 saturated carbocycles. The Balaban J connectivity index is 0.00000144. The van der Waals surface area contributed by atoms with Gasteiger partial charge in [0.2, 0.25) is 0 Å². The van der Waals surface area contributed by atoms with Gasteiger partial charge in [-0.3, -0.25) is 0 Å². The summed E-state index contributed by atoms with van der Waals surface area (Å²) in [7, 11) is 0. The first-order valence-electron chi connectivity index (χ1n) is 3.95. The van der Waals surface area contributed by atoms with Gasteiger partial charge in [0.05, 0.1) is 12.2 Å². The van der Waals surface area contributed by atoms with Crippen LogP contribution in [0.1, 0.15) is 20.3 Å². The van der Waals surface area contributed by atoms with Crippen molar-refractivity contribution in [2.45, 2.75) is 32.5 Å². The summed E-state index contributed by atoms with van der Waals surface area (Å²) in [5.41, 5.74) is -0.402. The van der Waals surface area contributed by atoms with Crippen LogP contribution >= 0.6 is 0 Å². The molecular formula is C7H11BF3KO. The SMILES string of the molecule is C[C@@H]1CC([B-](F)(F)F)=C[C@H](C)O1.[K+]. The van der Waals surface area contributed by atoms with Crippen molar-refractivity contribution in [2.75, 3.05) is 0 Å². The molecule has 0 aromatic rings. The Morgan fingerprint density at radius 3 is 2.31 bits per heavy atom. The van der Waals surface area contributed by atoms with Crippen LogP contribution < -0.4 is 51.4 Å². The largest absolute Gasteiger partial charge is 1.00 e. The molecule has 2 atom stereocenters. The van der Waals surface area contributed by atoms with Crippen molar-refractivity contribution in [1.29, 1.82) is 0 Å². The minimum Gasteiger partial charge on any atom is -0.445 e. The van der Waals surface area contributed by atoms with Gasteiger partial charge < -0.3 is 17.7 Å². The molecule has 1 nitrogen and oxygen atoms in total. The number of ether oxygens (including phenoxy) is 1. The van der Waals surface area contributed by atoms with Crippen LogP contribution in [0.3, 0.4) is 0 Å². The molecule has 0 N–H and O–H groups in total. The van der Waals surface area contributed by atoms with Gasteiger partial charge in [-0.1, -0.05) is 6.08 Å². The second kappa shape index (κ2) is 5.32. The van der Waals surface area contributed by atoms with E-state index in [4.69, 9.17) is 4.74 Å². The summed E-state index contributed by atoms with van der Waals surface area (Å²) in [5, 5.41) is 0. The summed E-state index contributed by atoms with van der Waals surface area (Å²) in [6.45, 7) is -1.52. The fourth-order valence-corrected chi connectivity index (χ4v) is 1.40. The maximum Gasteiger partial charge on any atom is 1.00 e. The zero-order valence-electron chi connectivity index (χ0n) is 8.06. The molecule has 0 amide bonds. The standard InChI is InChI=1S/C7H11BF3O.K/c1-5-3-7(8(9,10)11)4-6(2)12-5;/h3,5-6H,4H2,1-2H3;/q-1;+1/t5-,6+;/m0./s1. The van der Waals surface area contributed by atoms with E-state index >= 15 is 0 Å². The van der Waals surface area contributed by atoms with Crippen LogP contribution in [-0.2, 0) is 4.74 Å². The van der Waals surface area contributed by atoms with Gasteiger partial charge in [-0.2, -0.15) is 0 Å². The predicted octanol–water partition coefficient (Wildman–Crippen LogP) is -0.499. The van der Waals surface area contributed by atoms with Crippen LogP contribution in [0, 0.1) is 0 Å². The molecule has 0 fully saturated rings. The van der Waals surface area contributed by atoms with Crippen molar-refractivity contribution in [2.24, 2.45) is 0 Å². The second-order valence-electron chi connectivity index (χ2n) is 3.17. The minimum atomic E-state index is -4.80. The summed E-state index contributed by atoms with van der Waals surface area (Å²) < 4.78 is 41.8. The average molecular weight is 218 g/mol. The van der Waals surface area contributed by atoms with Gasteiger partial charge in [-0.15, -0.1) is 5.47 Å². The van der Waals surface area contributed by atoms with Crippen LogP contribution in [0.25, 0.3) is 0 Å². The normalized spacial score (nSPS) is 29.2. The first-order chi connectivity index (χ1) is 5.39. The van der Waals surface area contributed by atoms with Gasteiger partial charge in [0.25, 0.3) is 0 Å². The maximum absolute atomic E-state index is 12.2. The molecule has 0 aliphatic carbocycles. The third-order valence-corrected chi connectivity index (χ3v) is 1.84. The molecule has 0 unspecified atom stereocenters. The molecule has 1 rings (SSSR count). The van der Waals surface area contributed by atoms with Crippen molar-refractivity contribution in [3.05, 3.63) is 11.5 Å². The van der Waals surface area contributed by atoms with E-state index in [-0.39, 0.29) is 63.9 Å². The van der Waals surface area contributed by atoms with E-state index in [0.29, 0.717) is 0 Å². The summed E-state index contributed by atoms with van der Waals surface area (Å²) in [4.78, 5) is 0. The van der Waals surface area contributed by atoms with Crippen LogP contribution in [0.4, 0.5) is 12.9 Å². The molecule has 13 heavy (non-hydrogen) atoms. The maximum atomic E-state index is 12.2. The summed E-state index contributed by atoms with van der Waals surface area (Å²) in [5.74, 6) is 0. The van der Waals surface area contributed by atoms with E-state index in [1.54, 1.807) is 13.8 Å². The Bertz CT molecular complexity index is 204. The number of halogens is 3. The summed E-state index contributed by atoms with van der Waals surface area (Å²) in [6, 6.07) is 0. The molecule has 1 heterocycles. The molecule has 0 saturated heterocycles. The number of hydrogen-bond acceptors (Lipinski definition) is 1. The van der Waals surface area contributed by atoms with Crippen LogP contribution in [0.15, 0.2) is 11.5 Å². The van der Waals surface area contributed by atoms with Gasteiger partial charge in [0, 0.05) is 0 Å². The Morgan fingerprint density at radius 2 is 1.92 bits per heavy atom. The Morgan fingerprint density at radius 1 is 1.38 bits per heavy atom. The number of rotatable bonds is 1. The van der Waals surface area contributed by atoms with Crippen molar-refractivity contribution in [1.82, 2.24) is 0 Å². The van der Waals surface area contributed by atoms with Crippen LogP contribution in [-0.4, -0.2) is 19.2 Å². The molecule has 70 valence electrons. The minimum absolute atomic E-state index is 0. The molecule has 1 aliphatic rings. The van der Waals surface area contributed by atoms with Gasteiger partial charge >= 0.3 is 58.4 Å². The first-order valence-corrected chi connectivity index (χ1v) is 3.95. The van der Waals surface area contributed by atoms with E-state index < -0.39 is 18.6 Å².